The van der Waals surface area contributed by atoms with Gasteiger partial charge in [0.25, 0.3) is 0 Å². The molecule has 0 bridgehead atoms. The first-order valence-electron chi connectivity index (χ1n) is 32.3. The molecule has 0 fully saturated rings. The van der Waals surface area contributed by atoms with Crippen molar-refractivity contribution < 1.29 is 0 Å². The summed E-state index contributed by atoms with van der Waals surface area (Å²) in [6, 6.07) is 105. The van der Waals surface area contributed by atoms with Crippen molar-refractivity contribution in [3.8, 4) is 79.6 Å². The normalized spacial score (nSPS) is 11.6. The molecule has 0 amide bonds. The van der Waals surface area contributed by atoms with E-state index in [1.165, 1.54) is 87.9 Å². The predicted octanol–water partition coefficient (Wildman–Crippen LogP) is 21.1. The molecule has 7 heterocycles. The lowest BCUT2D eigenvalue weighted by Gasteiger charge is -2.11. The first kappa shape index (κ1) is 55.9. The van der Waals surface area contributed by atoms with Gasteiger partial charge in [-0.2, -0.15) is 9.97 Å². The molecular weight excluding hydrogens is 1170 g/mol. The van der Waals surface area contributed by atoms with Crippen molar-refractivity contribution in [3.05, 3.63) is 327 Å². The molecule has 12 aromatic carbocycles. The van der Waals surface area contributed by atoms with Gasteiger partial charge in [0, 0.05) is 89.7 Å². The summed E-state index contributed by atoms with van der Waals surface area (Å²) >= 11 is 0. The molecule has 0 atom stereocenters. The zero-order valence-electron chi connectivity index (χ0n) is 52.5. The number of pyridine rings is 1. The fraction of sp³-hybridized carbons (Fsp3) is 0.0233. The summed E-state index contributed by atoms with van der Waals surface area (Å²) in [6.45, 7) is 4.33. The third kappa shape index (κ3) is 9.57. The Morgan fingerprint density at radius 3 is 1.06 bits per heavy atom. The van der Waals surface area contributed by atoms with Crippen LogP contribution in [0.1, 0.15) is 11.1 Å². The lowest BCUT2D eigenvalue weighted by atomic mass is 10.0. The Balaban J connectivity index is 0.000000142. The molecule has 7 aromatic heterocycles. The minimum absolute atomic E-state index is 0.590. The predicted molar refractivity (Wildman–Crippen MR) is 394 cm³/mol. The van der Waals surface area contributed by atoms with Gasteiger partial charge in [0.05, 0.1) is 49.8 Å². The first-order chi connectivity index (χ1) is 47.4. The SMILES string of the molecule is Cc1cc(C)cc(-n2c3ccccc3c3cc(-c4ccc5c(c4)c4ccccc4n5-c4nc(-c5ccccc5)nc(-c5ccccc5)n4)ccc32)c1.c1ccc(-n2c3ccccc3c3cc(-c4ccc5c(c4)c4ccccc4n5-c4nccc(-c5cccnc5)n4)ccc32)cc1. The van der Waals surface area contributed by atoms with Gasteiger partial charge in [0.1, 0.15) is 0 Å². The minimum Gasteiger partial charge on any atom is -0.309 e. The van der Waals surface area contributed by atoms with Crippen LogP contribution in [0.25, 0.3) is 167 Å². The zero-order chi connectivity index (χ0) is 63.8. The maximum Gasteiger partial charge on any atom is 0.238 e. The summed E-state index contributed by atoms with van der Waals surface area (Å²) in [6.07, 6.45) is 5.42. The van der Waals surface area contributed by atoms with E-state index in [1.54, 1.807) is 6.20 Å². The van der Waals surface area contributed by atoms with E-state index >= 15 is 0 Å². The molecule has 10 nitrogen and oxygen atoms in total. The quantitative estimate of drug-likeness (QED) is 0.143. The second-order valence-electron chi connectivity index (χ2n) is 24.5. The van der Waals surface area contributed by atoms with Gasteiger partial charge >= 0.3 is 0 Å². The van der Waals surface area contributed by atoms with Crippen LogP contribution in [-0.4, -0.2) is 48.2 Å². The highest BCUT2D eigenvalue weighted by atomic mass is 15.2. The van der Waals surface area contributed by atoms with Crippen LogP contribution in [0.15, 0.2) is 316 Å². The number of rotatable bonds is 9. The fourth-order valence-electron chi connectivity index (χ4n) is 14.3. The lowest BCUT2D eigenvalue weighted by molar-refractivity contribution is 0.953. The van der Waals surface area contributed by atoms with Crippen LogP contribution in [-0.2, 0) is 0 Å². The van der Waals surface area contributed by atoms with Crippen LogP contribution in [0, 0.1) is 13.8 Å². The Bertz CT molecular complexity index is 6150. The van der Waals surface area contributed by atoms with Crippen LogP contribution in [0.5, 0.6) is 0 Å². The van der Waals surface area contributed by atoms with E-state index < -0.39 is 0 Å². The Morgan fingerprint density at radius 2 is 0.615 bits per heavy atom. The fourth-order valence-corrected chi connectivity index (χ4v) is 14.3. The number of aryl methyl sites for hydroxylation is 2. The Hall–Kier alpha value is -12.9. The highest BCUT2D eigenvalue weighted by Gasteiger charge is 2.22. The van der Waals surface area contributed by atoms with Crippen molar-refractivity contribution in [2.75, 3.05) is 0 Å². The molecule has 19 rings (SSSR count). The molecule has 452 valence electrons. The van der Waals surface area contributed by atoms with Crippen molar-refractivity contribution in [1.82, 2.24) is 48.2 Å². The van der Waals surface area contributed by atoms with Gasteiger partial charge in [-0.15, -0.1) is 0 Å². The van der Waals surface area contributed by atoms with E-state index in [2.05, 4.69) is 255 Å². The number of fused-ring (bicyclic) bond motifs is 12. The average Bonchev–Trinajstić information content (AvgIpc) is 1.61. The minimum atomic E-state index is 0.590. The van der Waals surface area contributed by atoms with Gasteiger partial charge in [0.2, 0.25) is 11.9 Å². The molecular formula is C86H58N10. The Labute approximate surface area is 552 Å². The van der Waals surface area contributed by atoms with E-state index in [0.29, 0.717) is 23.5 Å². The number of hydrogen-bond donors (Lipinski definition) is 0. The van der Waals surface area contributed by atoms with Gasteiger partial charge in [0.15, 0.2) is 11.6 Å². The molecule has 10 heteroatoms. The molecule has 0 aliphatic rings. The van der Waals surface area contributed by atoms with Gasteiger partial charge in [-0.25, -0.2) is 15.0 Å². The summed E-state index contributed by atoms with van der Waals surface area (Å²) in [4.78, 5) is 29.1. The van der Waals surface area contributed by atoms with E-state index in [0.717, 1.165) is 66.5 Å². The van der Waals surface area contributed by atoms with Crippen molar-refractivity contribution in [3.63, 3.8) is 0 Å². The van der Waals surface area contributed by atoms with Gasteiger partial charge < -0.3 is 9.13 Å². The van der Waals surface area contributed by atoms with Gasteiger partial charge in [-0.1, -0.05) is 182 Å². The standard InChI is InChI=1S/C47H33N5.C39H25N5/c1-30-25-31(2)27-36(26-30)51-41-19-11-9-17-37(41)39-28-34(21-23-43(39)51)35-22-24-44-40(29-35)38-18-10-12-20-42(38)52(44)47-49-45(32-13-5-3-6-14-32)48-46(50-47)33-15-7-4-8-16-33;1-2-10-29(11-3-1)43-35-14-6-4-12-30(35)32-23-26(16-18-37(32)43)27-17-19-38-33(24-27)31-13-5-7-15-36(31)44(38)39-41-22-20-34(42-39)28-9-8-21-40-25-28/h3-29H,1-2H3;1-25H. The van der Waals surface area contributed by atoms with Crippen molar-refractivity contribution >= 4 is 87.2 Å². The molecule has 0 saturated heterocycles. The van der Waals surface area contributed by atoms with Crippen LogP contribution >= 0.6 is 0 Å². The van der Waals surface area contributed by atoms with E-state index in [1.807, 2.05) is 91.3 Å². The number of benzene rings is 12. The van der Waals surface area contributed by atoms with E-state index in [4.69, 9.17) is 24.9 Å². The molecule has 0 unspecified atom stereocenters. The topological polar surface area (TPSA) is 97.1 Å². The molecule has 0 saturated carbocycles. The van der Waals surface area contributed by atoms with E-state index in [9.17, 15) is 0 Å². The summed E-state index contributed by atoms with van der Waals surface area (Å²) in [7, 11) is 0. The average molecular weight is 1230 g/mol. The largest absolute Gasteiger partial charge is 0.309 e. The molecule has 19 aromatic rings. The Kier molecular flexibility index (Phi) is 13.4. The van der Waals surface area contributed by atoms with Crippen LogP contribution in [0.2, 0.25) is 0 Å². The van der Waals surface area contributed by atoms with Crippen LogP contribution < -0.4 is 0 Å². The molecule has 0 radical (unpaired) electrons. The third-order valence-corrected chi connectivity index (χ3v) is 18.5. The summed E-state index contributed by atoms with van der Waals surface area (Å²) in [5.41, 5.74) is 22.3. The maximum absolute atomic E-state index is 5.09. The molecule has 0 N–H and O–H groups in total. The smallest absolute Gasteiger partial charge is 0.238 e. The second kappa shape index (κ2) is 23.0. The number of para-hydroxylation sites is 5. The second-order valence-corrected chi connectivity index (χ2v) is 24.5. The molecule has 0 spiro atoms. The van der Waals surface area contributed by atoms with Gasteiger partial charge in [-0.05, 0) is 162 Å². The zero-order valence-corrected chi connectivity index (χ0v) is 52.5. The van der Waals surface area contributed by atoms with E-state index in [-0.39, 0.29) is 0 Å². The number of aromatic nitrogens is 10. The van der Waals surface area contributed by atoms with Crippen molar-refractivity contribution in [2.24, 2.45) is 0 Å². The van der Waals surface area contributed by atoms with Crippen molar-refractivity contribution in [2.45, 2.75) is 13.8 Å². The molecule has 0 aliphatic heterocycles. The third-order valence-electron chi connectivity index (χ3n) is 18.5. The summed E-state index contributed by atoms with van der Waals surface area (Å²) < 4.78 is 9.08. The molecule has 0 aliphatic carbocycles. The molecule has 96 heavy (non-hydrogen) atoms. The Morgan fingerprint density at radius 1 is 0.240 bits per heavy atom. The highest BCUT2D eigenvalue weighted by Crippen LogP contribution is 2.41. The van der Waals surface area contributed by atoms with Gasteiger partial charge in [-0.3, -0.25) is 14.1 Å². The number of hydrogen-bond acceptors (Lipinski definition) is 6. The van der Waals surface area contributed by atoms with Crippen LogP contribution in [0.3, 0.4) is 0 Å². The van der Waals surface area contributed by atoms with Crippen molar-refractivity contribution in [1.29, 1.82) is 0 Å². The maximum atomic E-state index is 5.09. The monoisotopic (exact) mass is 1230 g/mol. The summed E-state index contributed by atoms with van der Waals surface area (Å²) in [5.74, 6) is 2.51. The number of nitrogens with zero attached hydrogens (tertiary/aromatic N) is 10. The summed E-state index contributed by atoms with van der Waals surface area (Å²) in [5, 5.41) is 9.60. The first-order valence-corrected chi connectivity index (χ1v) is 32.3. The lowest BCUT2D eigenvalue weighted by Crippen LogP contribution is -2.06. The highest BCUT2D eigenvalue weighted by molar-refractivity contribution is 6.15. The van der Waals surface area contributed by atoms with Crippen LogP contribution in [0.4, 0.5) is 0 Å².